The van der Waals surface area contributed by atoms with Gasteiger partial charge in [-0.05, 0) is 24.6 Å². The summed E-state index contributed by atoms with van der Waals surface area (Å²) < 4.78 is 35.6. The van der Waals surface area contributed by atoms with Gasteiger partial charge in [0.2, 0.25) is 15.9 Å². The second-order valence-electron chi connectivity index (χ2n) is 4.40. The van der Waals surface area contributed by atoms with E-state index in [0.29, 0.717) is 6.42 Å². The van der Waals surface area contributed by atoms with Crippen molar-refractivity contribution in [3.8, 4) is 0 Å². The van der Waals surface area contributed by atoms with Crippen LogP contribution in [0.1, 0.15) is 26.7 Å². The van der Waals surface area contributed by atoms with Crippen molar-refractivity contribution in [3.05, 3.63) is 24.0 Å². The van der Waals surface area contributed by atoms with Gasteiger partial charge in [0, 0.05) is 11.6 Å². The summed E-state index contributed by atoms with van der Waals surface area (Å²) in [6, 6.07) is 2.99. The normalized spacial score (nSPS) is 13.1. The van der Waals surface area contributed by atoms with Crippen molar-refractivity contribution in [3.63, 3.8) is 0 Å². The average molecular weight is 288 g/mol. The molecule has 1 amide bonds. The maximum atomic E-state index is 13.3. The number of amides is 1. The molecule has 0 radical (unpaired) electrons. The lowest BCUT2D eigenvalue weighted by molar-refractivity contribution is -0.119. The highest BCUT2D eigenvalue weighted by atomic mass is 32.2. The SMILES string of the molecule is CCCC(C)C(=O)Nc1cc(F)cc(S(N)(=O)=O)c1. The Morgan fingerprint density at radius 3 is 2.58 bits per heavy atom. The van der Waals surface area contributed by atoms with E-state index in [2.05, 4.69) is 5.32 Å². The zero-order valence-corrected chi connectivity index (χ0v) is 11.6. The lowest BCUT2D eigenvalue weighted by Gasteiger charge is -2.12. The van der Waals surface area contributed by atoms with Crippen LogP contribution in [0.25, 0.3) is 0 Å². The number of hydrogen-bond donors (Lipinski definition) is 2. The lowest BCUT2D eigenvalue weighted by atomic mass is 10.1. The van der Waals surface area contributed by atoms with Gasteiger partial charge in [-0.3, -0.25) is 4.79 Å². The number of carbonyl (C=O) groups excluding carboxylic acids is 1. The van der Waals surface area contributed by atoms with E-state index in [4.69, 9.17) is 5.14 Å². The Morgan fingerprint density at radius 2 is 2.05 bits per heavy atom. The number of nitrogens with two attached hydrogens (primary N) is 1. The van der Waals surface area contributed by atoms with E-state index in [1.54, 1.807) is 6.92 Å². The van der Waals surface area contributed by atoms with Crippen LogP contribution in [0.3, 0.4) is 0 Å². The average Bonchev–Trinajstić information content (AvgIpc) is 2.27. The zero-order valence-electron chi connectivity index (χ0n) is 10.8. The van der Waals surface area contributed by atoms with Gasteiger partial charge in [-0.25, -0.2) is 17.9 Å². The first kappa shape index (κ1) is 15.6. The molecule has 0 saturated carbocycles. The Morgan fingerprint density at radius 1 is 1.42 bits per heavy atom. The van der Waals surface area contributed by atoms with E-state index in [1.165, 1.54) is 0 Å². The van der Waals surface area contributed by atoms with Crippen LogP contribution >= 0.6 is 0 Å². The molecule has 19 heavy (non-hydrogen) atoms. The highest BCUT2D eigenvalue weighted by Gasteiger charge is 2.15. The van der Waals surface area contributed by atoms with Crippen LogP contribution in [-0.2, 0) is 14.8 Å². The molecule has 0 aliphatic heterocycles. The van der Waals surface area contributed by atoms with Crippen molar-refractivity contribution in [2.75, 3.05) is 5.32 Å². The molecule has 7 heteroatoms. The number of sulfonamides is 1. The topological polar surface area (TPSA) is 89.3 Å². The van der Waals surface area contributed by atoms with Crippen molar-refractivity contribution in [1.82, 2.24) is 0 Å². The van der Waals surface area contributed by atoms with E-state index < -0.39 is 15.8 Å². The predicted molar refractivity (Wildman–Crippen MR) is 70.5 cm³/mol. The molecule has 1 unspecified atom stereocenters. The molecule has 0 bridgehead atoms. The molecule has 0 fully saturated rings. The van der Waals surface area contributed by atoms with Crippen LogP contribution in [0.2, 0.25) is 0 Å². The number of nitrogens with one attached hydrogen (secondary N) is 1. The molecule has 0 aliphatic rings. The number of halogens is 1. The Balaban J connectivity index is 2.97. The molecule has 0 heterocycles. The molecule has 106 valence electrons. The van der Waals surface area contributed by atoms with Gasteiger partial charge >= 0.3 is 0 Å². The molecule has 1 atom stereocenters. The summed E-state index contributed by atoms with van der Waals surface area (Å²) in [5.41, 5.74) is 0.0805. The van der Waals surface area contributed by atoms with Gasteiger partial charge < -0.3 is 5.32 Å². The van der Waals surface area contributed by atoms with Crippen molar-refractivity contribution in [2.24, 2.45) is 11.1 Å². The molecular formula is C12H17FN2O3S. The number of carbonyl (C=O) groups is 1. The minimum Gasteiger partial charge on any atom is -0.326 e. The van der Waals surface area contributed by atoms with Crippen molar-refractivity contribution >= 4 is 21.6 Å². The summed E-state index contributed by atoms with van der Waals surface area (Å²) in [7, 11) is -4.01. The summed E-state index contributed by atoms with van der Waals surface area (Å²) in [6.45, 7) is 3.70. The predicted octanol–water partition coefficient (Wildman–Crippen LogP) is 1.85. The van der Waals surface area contributed by atoms with Crippen LogP contribution in [-0.4, -0.2) is 14.3 Å². The minimum atomic E-state index is -4.01. The summed E-state index contributed by atoms with van der Waals surface area (Å²) >= 11 is 0. The van der Waals surface area contributed by atoms with Gasteiger partial charge in [-0.15, -0.1) is 0 Å². The second-order valence-corrected chi connectivity index (χ2v) is 5.96. The van der Waals surface area contributed by atoms with Gasteiger partial charge in [0.1, 0.15) is 5.82 Å². The molecule has 1 rings (SSSR count). The van der Waals surface area contributed by atoms with E-state index in [9.17, 15) is 17.6 Å². The lowest BCUT2D eigenvalue weighted by Crippen LogP contribution is -2.21. The number of primary sulfonamides is 1. The molecule has 0 saturated heterocycles. The number of hydrogen-bond acceptors (Lipinski definition) is 3. The highest BCUT2D eigenvalue weighted by molar-refractivity contribution is 7.89. The van der Waals surface area contributed by atoms with Gasteiger partial charge in [0.05, 0.1) is 4.90 Å². The Hall–Kier alpha value is -1.47. The molecule has 1 aromatic carbocycles. The van der Waals surface area contributed by atoms with Crippen LogP contribution in [0.4, 0.5) is 10.1 Å². The molecule has 1 aromatic rings. The first-order chi connectivity index (χ1) is 8.74. The monoisotopic (exact) mass is 288 g/mol. The number of anilines is 1. The van der Waals surface area contributed by atoms with E-state index in [1.807, 2.05) is 6.92 Å². The van der Waals surface area contributed by atoms with E-state index in [-0.39, 0.29) is 22.4 Å². The molecule has 3 N–H and O–H groups in total. The third kappa shape index (κ3) is 4.60. The van der Waals surface area contributed by atoms with Crippen LogP contribution < -0.4 is 10.5 Å². The van der Waals surface area contributed by atoms with E-state index in [0.717, 1.165) is 24.6 Å². The standard InChI is InChI=1S/C12H17FN2O3S/c1-3-4-8(2)12(16)15-10-5-9(13)6-11(7-10)19(14,17)18/h5-8H,3-4H2,1-2H3,(H,15,16)(H2,14,17,18). The molecule has 5 nitrogen and oxygen atoms in total. The first-order valence-electron chi connectivity index (χ1n) is 5.88. The highest BCUT2D eigenvalue weighted by Crippen LogP contribution is 2.18. The summed E-state index contributed by atoms with van der Waals surface area (Å²) in [4.78, 5) is 11.4. The Kier molecular flexibility index (Phi) is 5.02. The maximum Gasteiger partial charge on any atom is 0.238 e. The Bertz CT molecular complexity index is 572. The third-order valence-corrected chi connectivity index (χ3v) is 3.53. The van der Waals surface area contributed by atoms with Crippen LogP contribution in [0, 0.1) is 11.7 Å². The van der Waals surface area contributed by atoms with Crippen LogP contribution in [0.5, 0.6) is 0 Å². The summed E-state index contributed by atoms with van der Waals surface area (Å²) in [6.07, 6.45) is 1.55. The largest absolute Gasteiger partial charge is 0.326 e. The van der Waals surface area contributed by atoms with Crippen molar-refractivity contribution < 1.29 is 17.6 Å². The fourth-order valence-electron chi connectivity index (χ4n) is 1.63. The summed E-state index contributed by atoms with van der Waals surface area (Å²) in [5, 5.41) is 7.41. The first-order valence-corrected chi connectivity index (χ1v) is 7.43. The van der Waals surface area contributed by atoms with Gasteiger partial charge in [-0.2, -0.15) is 0 Å². The fraction of sp³-hybridized carbons (Fsp3) is 0.417. The second kappa shape index (κ2) is 6.12. The summed E-state index contributed by atoms with van der Waals surface area (Å²) in [5.74, 6) is -1.29. The smallest absolute Gasteiger partial charge is 0.238 e. The number of benzene rings is 1. The van der Waals surface area contributed by atoms with Crippen molar-refractivity contribution in [1.29, 1.82) is 0 Å². The van der Waals surface area contributed by atoms with Crippen LogP contribution in [0.15, 0.2) is 23.1 Å². The quantitative estimate of drug-likeness (QED) is 0.866. The van der Waals surface area contributed by atoms with Gasteiger partial charge in [0.25, 0.3) is 0 Å². The maximum absolute atomic E-state index is 13.3. The molecule has 0 spiro atoms. The molecule has 0 aliphatic carbocycles. The molecular weight excluding hydrogens is 271 g/mol. The molecule has 0 aromatic heterocycles. The van der Waals surface area contributed by atoms with Gasteiger partial charge in [-0.1, -0.05) is 20.3 Å². The van der Waals surface area contributed by atoms with E-state index >= 15 is 0 Å². The van der Waals surface area contributed by atoms with Gasteiger partial charge in [0.15, 0.2) is 0 Å². The minimum absolute atomic E-state index is 0.0805. The van der Waals surface area contributed by atoms with Crippen molar-refractivity contribution in [2.45, 2.75) is 31.6 Å². The number of rotatable bonds is 5. The zero-order chi connectivity index (χ0) is 14.6. The Labute approximate surface area is 112 Å². The third-order valence-electron chi connectivity index (χ3n) is 2.64. The fourth-order valence-corrected chi connectivity index (χ4v) is 2.20.